The number of carbonyl (C=O) groups is 1. The second kappa shape index (κ2) is 9.22. The van der Waals surface area contributed by atoms with Gasteiger partial charge in [-0.1, -0.05) is 0 Å². The Kier molecular flexibility index (Phi) is 24.4. The molecule has 0 heterocycles. The van der Waals surface area contributed by atoms with Crippen molar-refractivity contribution in [2.24, 2.45) is 0 Å². The van der Waals surface area contributed by atoms with Crippen molar-refractivity contribution in [2.75, 3.05) is 0 Å². The van der Waals surface area contributed by atoms with E-state index in [2.05, 4.69) is 0 Å². The monoisotopic (exact) mass is 130 g/mol. The Labute approximate surface area is 69.4 Å². The molecule has 0 fully saturated rings. The van der Waals surface area contributed by atoms with Crippen LogP contribution in [-0.2, 0) is 0 Å². The van der Waals surface area contributed by atoms with Crippen molar-refractivity contribution in [1.29, 1.82) is 0 Å². The number of hydrogen-bond donors (Lipinski definition) is 2. The van der Waals surface area contributed by atoms with Crippen LogP contribution in [0.3, 0.4) is 0 Å². The summed E-state index contributed by atoms with van der Waals surface area (Å²) in [5.74, 6) is 0. The Morgan fingerprint density at radius 3 is 1.33 bits per heavy atom. The van der Waals surface area contributed by atoms with Crippen molar-refractivity contribution in [3.8, 4) is 0 Å². The molecule has 3 nitrogen and oxygen atoms in total. The fourth-order valence-electron chi connectivity index (χ4n) is 0. The summed E-state index contributed by atoms with van der Waals surface area (Å²) >= 11 is 0. The fourth-order valence-corrected chi connectivity index (χ4v) is 0. The first kappa shape index (κ1) is 15.9. The first-order valence-electron chi connectivity index (χ1n) is 0.651. The normalized spacial score (nSPS) is 4.00. The van der Waals surface area contributed by atoms with E-state index in [1.807, 2.05) is 0 Å². The largest absolute Gasteiger partial charge is 0.503 e. The van der Waals surface area contributed by atoms with Crippen molar-refractivity contribution in [3.05, 3.63) is 0 Å². The molecule has 2 N–H and O–H groups in total. The van der Waals surface area contributed by atoms with Gasteiger partial charge in [-0.3, -0.25) is 0 Å². The molecule has 0 saturated carbocycles. The zero-order valence-electron chi connectivity index (χ0n) is 3.01. The molecule has 0 amide bonds. The van der Waals surface area contributed by atoms with E-state index in [1.54, 1.807) is 0 Å². The van der Waals surface area contributed by atoms with Crippen LogP contribution in [0.4, 0.5) is 4.79 Å². The molecule has 0 saturated heterocycles. The van der Waals surface area contributed by atoms with Gasteiger partial charge in [-0.05, 0) is 0 Å². The van der Waals surface area contributed by atoms with Gasteiger partial charge in [-0.25, -0.2) is 4.79 Å². The molecule has 0 atom stereocenters. The van der Waals surface area contributed by atoms with Crippen molar-refractivity contribution in [1.82, 2.24) is 0 Å². The third-order valence-electron chi connectivity index (χ3n) is 0. The number of carboxylic acid groups (broad SMARTS) is 2. The zero-order valence-corrected chi connectivity index (χ0v) is 6.22. The Hall–Kier alpha value is 0.747. The van der Waals surface area contributed by atoms with E-state index >= 15 is 0 Å². The van der Waals surface area contributed by atoms with E-state index in [4.69, 9.17) is 15.0 Å². The van der Waals surface area contributed by atoms with E-state index in [-0.39, 0.29) is 48.7 Å². The summed E-state index contributed by atoms with van der Waals surface area (Å²) in [4.78, 5) is 8.56. The Bertz CT molecular complexity index is 33.8. The standard InChI is InChI=1S/CH2O3.Ca.Si/c2-1(3)4;;/h(H2,2,3,4);;. The van der Waals surface area contributed by atoms with Gasteiger partial charge in [0.2, 0.25) is 0 Å². The molecule has 30 valence electrons. The van der Waals surface area contributed by atoms with Gasteiger partial charge < -0.3 is 10.2 Å². The van der Waals surface area contributed by atoms with Gasteiger partial charge >= 0.3 is 6.16 Å². The van der Waals surface area contributed by atoms with Crippen molar-refractivity contribution >= 4 is 54.9 Å². The molecule has 5 heteroatoms. The van der Waals surface area contributed by atoms with Gasteiger partial charge in [0.05, 0.1) is 0 Å². The Morgan fingerprint density at radius 1 is 1.33 bits per heavy atom. The summed E-state index contributed by atoms with van der Waals surface area (Å²) < 4.78 is 0. The summed E-state index contributed by atoms with van der Waals surface area (Å²) in [7, 11) is 0. The summed E-state index contributed by atoms with van der Waals surface area (Å²) in [5, 5.41) is 13.9. The Morgan fingerprint density at radius 2 is 1.33 bits per heavy atom. The molecule has 0 spiro atoms. The van der Waals surface area contributed by atoms with Gasteiger partial charge in [-0.15, -0.1) is 0 Å². The van der Waals surface area contributed by atoms with Crippen LogP contribution in [0.25, 0.3) is 0 Å². The van der Waals surface area contributed by atoms with Gasteiger partial charge in [0, 0.05) is 48.7 Å². The molecular weight excluding hydrogens is 128 g/mol. The van der Waals surface area contributed by atoms with Crippen molar-refractivity contribution in [2.45, 2.75) is 0 Å². The number of rotatable bonds is 0. The van der Waals surface area contributed by atoms with Crippen LogP contribution in [0, 0.1) is 0 Å². The molecule has 6 heavy (non-hydrogen) atoms. The molecule has 0 aliphatic rings. The van der Waals surface area contributed by atoms with Crippen LogP contribution in [0.2, 0.25) is 0 Å². The first-order valence-corrected chi connectivity index (χ1v) is 0.651. The minimum absolute atomic E-state index is 0. The SMILES string of the molecule is O=C(O)O.[Ca].[Si]. The Balaban J connectivity index is -0.0000000450. The zero-order chi connectivity index (χ0) is 3.58. The average Bonchev–Trinajstić information content (AvgIpc) is 0.811. The summed E-state index contributed by atoms with van der Waals surface area (Å²) in [6.45, 7) is 0. The maximum Gasteiger partial charge on any atom is 0.503 e. The number of hydrogen-bond acceptors (Lipinski definition) is 1. The topological polar surface area (TPSA) is 57.5 Å². The third kappa shape index (κ3) is 120. The fraction of sp³-hybridized carbons (Fsp3) is 0. The molecule has 0 aromatic heterocycles. The van der Waals surface area contributed by atoms with Gasteiger partial charge in [0.1, 0.15) is 0 Å². The van der Waals surface area contributed by atoms with Crippen LogP contribution >= 0.6 is 0 Å². The summed E-state index contributed by atoms with van der Waals surface area (Å²) in [6.07, 6.45) is -1.83. The van der Waals surface area contributed by atoms with Crippen molar-refractivity contribution in [3.63, 3.8) is 0 Å². The first-order chi connectivity index (χ1) is 1.73. The van der Waals surface area contributed by atoms with Crippen molar-refractivity contribution < 1.29 is 15.0 Å². The van der Waals surface area contributed by atoms with E-state index in [0.717, 1.165) is 0 Å². The van der Waals surface area contributed by atoms with Gasteiger partial charge in [-0.2, -0.15) is 0 Å². The predicted molar refractivity (Wildman–Crippen MR) is 22.2 cm³/mol. The smallest absolute Gasteiger partial charge is 0.450 e. The van der Waals surface area contributed by atoms with E-state index in [9.17, 15) is 0 Å². The summed E-state index contributed by atoms with van der Waals surface area (Å²) in [6, 6.07) is 0. The van der Waals surface area contributed by atoms with Crippen LogP contribution in [0.1, 0.15) is 0 Å². The molecule has 0 unspecified atom stereocenters. The van der Waals surface area contributed by atoms with E-state index in [1.165, 1.54) is 0 Å². The molecule has 0 aliphatic carbocycles. The maximum atomic E-state index is 8.56. The maximum absolute atomic E-state index is 8.56. The molecule has 0 rings (SSSR count). The molecule has 0 aromatic carbocycles. The molecule has 0 aromatic rings. The molecule has 0 aliphatic heterocycles. The average molecular weight is 130 g/mol. The van der Waals surface area contributed by atoms with Gasteiger partial charge in [0.25, 0.3) is 0 Å². The van der Waals surface area contributed by atoms with Crippen LogP contribution in [0.5, 0.6) is 0 Å². The molecule has 6 radical (unpaired) electrons. The van der Waals surface area contributed by atoms with E-state index < -0.39 is 6.16 Å². The minimum Gasteiger partial charge on any atom is -0.450 e. The molecular formula is CH2CaO3Si. The predicted octanol–water partition coefficient (Wildman–Crippen LogP) is -0.539. The van der Waals surface area contributed by atoms with E-state index in [0.29, 0.717) is 0 Å². The quantitative estimate of drug-likeness (QED) is 0.433. The second-order valence-electron chi connectivity index (χ2n) is 0.283. The van der Waals surface area contributed by atoms with Gasteiger partial charge in [0.15, 0.2) is 0 Å². The van der Waals surface area contributed by atoms with Crippen LogP contribution in [-0.4, -0.2) is 65.1 Å². The second-order valence-corrected chi connectivity index (χ2v) is 0.283. The summed E-state index contributed by atoms with van der Waals surface area (Å²) in [5.41, 5.74) is 0. The van der Waals surface area contributed by atoms with Crippen LogP contribution < -0.4 is 0 Å². The van der Waals surface area contributed by atoms with Crippen LogP contribution in [0.15, 0.2) is 0 Å². The minimum atomic E-state index is -1.83. The molecule has 0 bridgehead atoms. The third-order valence-corrected chi connectivity index (χ3v) is 0.